The molecule has 0 atom stereocenters. The summed E-state index contributed by atoms with van der Waals surface area (Å²) in [5.74, 6) is -0.496. The van der Waals surface area contributed by atoms with Crippen molar-refractivity contribution in [2.75, 3.05) is 5.32 Å². The van der Waals surface area contributed by atoms with E-state index in [1.807, 2.05) is 29.6 Å². The summed E-state index contributed by atoms with van der Waals surface area (Å²) in [6, 6.07) is 11.8. The second-order valence-corrected chi connectivity index (χ2v) is 9.68. The predicted octanol–water partition coefficient (Wildman–Crippen LogP) is 7.73. The molecule has 0 bridgehead atoms. The highest BCUT2D eigenvalue weighted by Gasteiger charge is 2.16. The largest absolute Gasteiger partial charge is 0.460 e. The van der Waals surface area contributed by atoms with Crippen molar-refractivity contribution >= 4 is 44.7 Å². The predicted molar refractivity (Wildman–Crippen MR) is 144 cm³/mol. The molecule has 186 valence electrons. The van der Waals surface area contributed by atoms with Crippen molar-refractivity contribution < 1.29 is 13.2 Å². The Hall–Kier alpha value is -4.24. The number of aryl methyl sites for hydroxylation is 2. The van der Waals surface area contributed by atoms with E-state index in [1.165, 1.54) is 23.5 Å². The SMILES string of the molecule is CC(C)=Nc1c(C)cc(-c2nc(Nc3ccc(-c4csc5c(=O)cc(C)oc45)cc3)ncc2F)cc1F. The standard InChI is InChI=1S/C28H22F2N4O2S/c1-14(2)32-24-15(3)9-18(11-21(24)29)25-22(30)12-31-28(34-25)33-19-7-5-17(6-8-19)20-13-37-27-23(35)10-16(4)36-26(20)27/h5-13H,1-4H3,(H,31,33,34). The quantitative estimate of drug-likeness (QED) is 0.242. The molecule has 9 heteroatoms. The van der Waals surface area contributed by atoms with Gasteiger partial charge in [0.05, 0.1) is 6.20 Å². The molecule has 0 amide bonds. The fraction of sp³-hybridized carbons (Fsp3) is 0.143. The number of aromatic nitrogens is 2. The zero-order valence-electron chi connectivity index (χ0n) is 20.5. The fourth-order valence-corrected chi connectivity index (χ4v) is 4.90. The first kappa shape index (κ1) is 24.5. The third-order valence-corrected chi connectivity index (χ3v) is 6.60. The summed E-state index contributed by atoms with van der Waals surface area (Å²) >= 11 is 1.35. The summed E-state index contributed by atoms with van der Waals surface area (Å²) in [5, 5.41) is 4.96. The van der Waals surface area contributed by atoms with E-state index in [1.54, 1.807) is 33.8 Å². The Bertz CT molecular complexity index is 1710. The Morgan fingerprint density at radius 3 is 2.49 bits per heavy atom. The van der Waals surface area contributed by atoms with Crippen molar-refractivity contribution in [2.24, 2.45) is 4.99 Å². The summed E-state index contributed by atoms with van der Waals surface area (Å²) in [6.45, 7) is 7.03. The Morgan fingerprint density at radius 2 is 1.78 bits per heavy atom. The van der Waals surface area contributed by atoms with Crippen LogP contribution in [0.4, 0.5) is 26.1 Å². The Labute approximate surface area is 215 Å². The smallest absolute Gasteiger partial charge is 0.227 e. The zero-order chi connectivity index (χ0) is 26.3. The molecule has 0 radical (unpaired) electrons. The summed E-state index contributed by atoms with van der Waals surface area (Å²) in [6.07, 6.45) is 1.05. The van der Waals surface area contributed by atoms with Gasteiger partial charge in [0, 0.05) is 34.0 Å². The average molecular weight is 517 g/mol. The van der Waals surface area contributed by atoms with E-state index in [9.17, 15) is 13.6 Å². The second kappa shape index (κ2) is 9.67. The summed E-state index contributed by atoms with van der Waals surface area (Å²) in [4.78, 5) is 24.8. The second-order valence-electron chi connectivity index (χ2n) is 8.80. The van der Waals surface area contributed by atoms with Crippen LogP contribution in [-0.4, -0.2) is 15.7 Å². The topological polar surface area (TPSA) is 80.4 Å². The van der Waals surface area contributed by atoms with Gasteiger partial charge < -0.3 is 9.73 Å². The molecule has 1 N–H and O–H groups in total. The first-order valence-electron chi connectivity index (χ1n) is 11.4. The summed E-state index contributed by atoms with van der Waals surface area (Å²) < 4.78 is 35.7. The van der Waals surface area contributed by atoms with Gasteiger partial charge in [-0.15, -0.1) is 11.3 Å². The minimum absolute atomic E-state index is 0.0185. The number of benzene rings is 2. The van der Waals surface area contributed by atoms with E-state index in [2.05, 4.69) is 20.3 Å². The lowest BCUT2D eigenvalue weighted by molar-refractivity contribution is 0.567. The highest BCUT2D eigenvalue weighted by molar-refractivity contribution is 7.17. The number of aliphatic imine (C=N–C) groups is 1. The molecule has 2 aromatic carbocycles. The minimum Gasteiger partial charge on any atom is -0.460 e. The highest BCUT2D eigenvalue weighted by atomic mass is 32.1. The van der Waals surface area contributed by atoms with Gasteiger partial charge in [-0.25, -0.2) is 18.7 Å². The lowest BCUT2D eigenvalue weighted by atomic mass is 10.1. The molecule has 3 aromatic heterocycles. The number of fused-ring (bicyclic) bond motifs is 1. The molecule has 6 nitrogen and oxygen atoms in total. The Balaban J connectivity index is 1.43. The number of thiophene rings is 1. The molecule has 0 spiro atoms. The van der Waals surface area contributed by atoms with Crippen LogP contribution in [0, 0.1) is 25.5 Å². The van der Waals surface area contributed by atoms with Crippen LogP contribution in [0.5, 0.6) is 0 Å². The van der Waals surface area contributed by atoms with Crippen LogP contribution < -0.4 is 10.7 Å². The molecule has 0 saturated heterocycles. The normalized spacial score (nSPS) is 11.1. The van der Waals surface area contributed by atoms with E-state index in [4.69, 9.17) is 4.42 Å². The molecule has 0 aliphatic heterocycles. The summed E-state index contributed by atoms with van der Waals surface area (Å²) in [7, 11) is 0. The number of hydrogen-bond donors (Lipinski definition) is 1. The van der Waals surface area contributed by atoms with Crippen LogP contribution in [0.15, 0.2) is 68.2 Å². The first-order valence-corrected chi connectivity index (χ1v) is 12.3. The Kier molecular flexibility index (Phi) is 6.39. The highest BCUT2D eigenvalue weighted by Crippen LogP contribution is 2.34. The molecule has 37 heavy (non-hydrogen) atoms. The lowest BCUT2D eigenvalue weighted by Crippen LogP contribution is -2.01. The zero-order valence-corrected chi connectivity index (χ0v) is 21.3. The minimum atomic E-state index is -0.663. The van der Waals surface area contributed by atoms with Crippen LogP contribution in [0.3, 0.4) is 0 Å². The van der Waals surface area contributed by atoms with Gasteiger partial charge in [0.1, 0.15) is 27.7 Å². The molecule has 0 saturated carbocycles. The van der Waals surface area contributed by atoms with Gasteiger partial charge in [-0.3, -0.25) is 9.79 Å². The van der Waals surface area contributed by atoms with Gasteiger partial charge in [0.15, 0.2) is 11.4 Å². The molecular formula is C28H22F2N4O2S. The molecule has 0 aliphatic rings. The maximum atomic E-state index is 14.7. The number of anilines is 2. The molecule has 0 fully saturated rings. The maximum Gasteiger partial charge on any atom is 0.227 e. The average Bonchev–Trinajstić information content (AvgIpc) is 3.27. The van der Waals surface area contributed by atoms with Crippen LogP contribution in [-0.2, 0) is 0 Å². The van der Waals surface area contributed by atoms with E-state index in [0.29, 0.717) is 38.6 Å². The van der Waals surface area contributed by atoms with E-state index >= 15 is 0 Å². The molecule has 0 unspecified atom stereocenters. The van der Waals surface area contributed by atoms with Crippen molar-refractivity contribution in [3.8, 4) is 22.4 Å². The van der Waals surface area contributed by atoms with E-state index in [0.717, 1.165) is 17.3 Å². The van der Waals surface area contributed by atoms with Crippen LogP contribution >= 0.6 is 11.3 Å². The van der Waals surface area contributed by atoms with Crippen LogP contribution in [0.1, 0.15) is 25.2 Å². The van der Waals surface area contributed by atoms with E-state index in [-0.39, 0.29) is 22.8 Å². The van der Waals surface area contributed by atoms with Crippen LogP contribution in [0.2, 0.25) is 0 Å². The van der Waals surface area contributed by atoms with Crippen molar-refractivity contribution in [1.82, 2.24) is 9.97 Å². The summed E-state index contributed by atoms with van der Waals surface area (Å²) in [5.41, 5.74) is 4.67. The van der Waals surface area contributed by atoms with Gasteiger partial charge >= 0.3 is 0 Å². The van der Waals surface area contributed by atoms with Crippen molar-refractivity contribution in [3.05, 3.63) is 87.2 Å². The van der Waals surface area contributed by atoms with E-state index < -0.39 is 11.6 Å². The van der Waals surface area contributed by atoms with Crippen molar-refractivity contribution in [1.29, 1.82) is 0 Å². The number of rotatable bonds is 5. The fourth-order valence-electron chi connectivity index (χ4n) is 3.99. The van der Waals surface area contributed by atoms with Crippen molar-refractivity contribution in [3.63, 3.8) is 0 Å². The molecule has 3 heterocycles. The third-order valence-electron chi connectivity index (χ3n) is 5.63. The van der Waals surface area contributed by atoms with Gasteiger partial charge in [0.2, 0.25) is 11.4 Å². The van der Waals surface area contributed by atoms with Gasteiger partial charge in [0.25, 0.3) is 0 Å². The lowest BCUT2D eigenvalue weighted by Gasteiger charge is -2.10. The number of nitrogens with one attached hydrogen (secondary N) is 1. The maximum absolute atomic E-state index is 14.7. The number of nitrogens with zero attached hydrogens (tertiary/aromatic N) is 3. The van der Waals surface area contributed by atoms with Gasteiger partial charge in [-0.1, -0.05) is 12.1 Å². The molecular weight excluding hydrogens is 494 g/mol. The third kappa shape index (κ3) is 4.90. The van der Waals surface area contributed by atoms with Crippen LogP contribution in [0.25, 0.3) is 32.7 Å². The molecule has 0 aliphatic carbocycles. The number of hydrogen-bond acceptors (Lipinski definition) is 7. The monoisotopic (exact) mass is 516 g/mol. The van der Waals surface area contributed by atoms with Crippen molar-refractivity contribution in [2.45, 2.75) is 27.7 Å². The number of halogens is 2. The first-order chi connectivity index (χ1) is 17.7. The van der Waals surface area contributed by atoms with Gasteiger partial charge in [-0.05, 0) is 63.1 Å². The molecule has 5 rings (SSSR count). The Morgan fingerprint density at radius 1 is 1.03 bits per heavy atom. The van der Waals surface area contributed by atoms with Gasteiger partial charge in [-0.2, -0.15) is 0 Å². The molecule has 5 aromatic rings.